The molecule has 0 fully saturated rings. The molecule has 0 aliphatic rings. The minimum absolute atomic E-state index is 0.304. The summed E-state index contributed by atoms with van der Waals surface area (Å²) >= 11 is 1.62. The van der Waals surface area contributed by atoms with Crippen molar-refractivity contribution in [1.29, 1.82) is 0 Å². The Morgan fingerprint density at radius 3 is 2.75 bits per heavy atom. The number of hydrogen-bond donors (Lipinski definition) is 0. The van der Waals surface area contributed by atoms with Crippen molar-refractivity contribution in [3.63, 3.8) is 0 Å². The van der Waals surface area contributed by atoms with E-state index in [-0.39, 0.29) is 5.63 Å². The van der Waals surface area contributed by atoms with Crippen molar-refractivity contribution >= 4 is 22.3 Å². The van der Waals surface area contributed by atoms with Gasteiger partial charge in [0.05, 0.1) is 0 Å². The van der Waals surface area contributed by atoms with E-state index in [1.165, 1.54) is 0 Å². The third-order valence-electron chi connectivity index (χ3n) is 2.44. The fourth-order valence-corrected chi connectivity index (χ4v) is 2.50. The highest BCUT2D eigenvalue weighted by molar-refractivity contribution is 7.13. The lowest BCUT2D eigenvalue weighted by Gasteiger charge is -2.01. The molecule has 2 aromatic heterocycles. The van der Waals surface area contributed by atoms with Gasteiger partial charge >= 0.3 is 5.63 Å². The Balaban J connectivity index is 2.44. The first-order valence-electron chi connectivity index (χ1n) is 4.91. The van der Waals surface area contributed by atoms with Crippen molar-refractivity contribution < 1.29 is 4.42 Å². The SMILES string of the molecule is O=c1cc(-c2cccs2)c2ccccc2o1. The quantitative estimate of drug-likeness (QED) is 0.596. The average Bonchev–Trinajstić information content (AvgIpc) is 2.81. The second-order valence-electron chi connectivity index (χ2n) is 3.45. The molecule has 0 aliphatic heterocycles. The highest BCUT2D eigenvalue weighted by Crippen LogP contribution is 2.30. The van der Waals surface area contributed by atoms with Crippen LogP contribution in [0.25, 0.3) is 21.4 Å². The predicted molar refractivity (Wildman–Crippen MR) is 65.8 cm³/mol. The van der Waals surface area contributed by atoms with Gasteiger partial charge in [0, 0.05) is 21.9 Å². The summed E-state index contributed by atoms with van der Waals surface area (Å²) in [6, 6.07) is 13.1. The summed E-state index contributed by atoms with van der Waals surface area (Å²) in [6.07, 6.45) is 0. The van der Waals surface area contributed by atoms with Gasteiger partial charge in [-0.15, -0.1) is 11.3 Å². The van der Waals surface area contributed by atoms with Crippen molar-refractivity contribution in [3.8, 4) is 10.4 Å². The van der Waals surface area contributed by atoms with Crippen LogP contribution in [0.5, 0.6) is 0 Å². The molecule has 0 amide bonds. The second-order valence-corrected chi connectivity index (χ2v) is 4.40. The smallest absolute Gasteiger partial charge is 0.336 e. The molecule has 0 unspecified atom stereocenters. The van der Waals surface area contributed by atoms with Gasteiger partial charge in [-0.2, -0.15) is 0 Å². The van der Waals surface area contributed by atoms with Gasteiger partial charge in [-0.3, -0.25) is 0 Å². The van der Waals surface area contributed by atoms with Crippen LogP contribution in [0, 0.1) is 0 Å². The van der Waals surface area contributed by atoms with Crippen LogP contribution in [-0.4, -0.2) is 0 Å². The third kappa shape index (κ3) is 1.46. The van der Waals surface area contributed by atoms with Gasteiger partial charge in [0.15, 0.2) is 0 Å². The molecule has 0 spiro atoms. The Bertz CT molecular complexity index is 680. The predicted octanol–water partition coefficient (Wildman–Crippen LogP) is 3.52. The fraction of sp³-hybridized carbons (Fsp3) is 0. The van der Waals surface area contributed by atoms with Gasteiger partial charge in [-0.25, -0.2) is 4.79 Å². The average molecular weight is 228 g/mol. The molecule has 1 aromatic carbocycles. The van der Waals surface area contributed by atoms with Crippen LogP contribution in [0.2, 0.25) is 0 Å². The molecule has 0 atom stereocenters. The van der Waals surface area contributed by atoms with Gasteiger partial charge in [-0.1, -0.05) is 24.3 Å². The number of benzene rings is 1. The van der Waals surface area contributed by atoms with Crippen LogP contribution in [0.15, 0.2) is 57.1 Å². The largest absolute Gasteiger partial charge is 0.423 e. The van der Waals surface area contributed by atoms with E-state index in [9.17, 15) is 4.79 Å². The number of fused-ring (bicyclic) bond motifs is 1. The molecule has 0 saturated heterocycles. The lowest BCUT2D eigenvalue weighted by molar-refractivity contribution is 0.561. The Kier molecular flexibility index (Phi) is 2.11. The van der Waals surface area contributed by atoms with Gasteiger partial charge in [0.2, 0.25) is 0 Å². The Morgan fingerprint density at radius 2 is 1.94 bits per heavy atom. The molecular formula is C13H8O2S. The van der Waals surface area contributed by atoms with Crippen molar-refractivity contribution in [1.82, 2.24) is 0 Å². The molecule has 16 heavy (non-hydrogen) atoms. The van der Waals surface area contributed by atoms with Crippen LogP contribution < -0.4 is 5.63 Å². The van der Waals surface area contributed by atoms with Crippen molar-refractivity contribution in [3.05, 3.63) is 58.3 Å². The minimum Gasteiger partial charge on any atom is -0.423 e. The molecule has 3 heteroatoms. The normalized spacial score (nSPS) is 10.8. The molecule has 0 saturated carbocycles. The van der Waals surface area contributed by atoms with E-state index in [1.807, 2.05) is 41.8 Å². The third-order valence-corrected chi connectivity index (χ3v) is 3.34. The van der Waals surface area contributed by atoms with Crippen molar-refractivity contribution in [2.24, 2.45) is 0 Å². The van der Waals surface area contributed by atoms with Gasteiger partial charge in [-0.05, 0) is 17.5 Å². The van der Waals surface area contributed by atoms with Crippen LogP contribution >= 0.6 is 11.3 Å². The summed E-state index contributed by atoms with van der Waals surface area (Å²) in [5, 5.41) is 2.98. The lowest BCUT2D eigenvalue weighted by Crippen LogP contribution is -1.97. The highest BCUT2D eigenvalue weighted by Gasteiger charge is 2.07. The van der Waals surface area contributed by atoms with Crippen molar-refractivity contribution in [2.75, 3.05) is 0 Å². The number of rotatable bonds is 1. The maximum absolute atomic E-state index is 11.4. The molecule has 78 valence electrons. The van der Waals surface area contributed by atoms with Crippen LogP contribution in [0.3, 0.4) is 0 Å². The molecule has 2 heterocycles. The van der Waals surface area contributed by atoms with E-state index in [4.69, 9.17) is 4.42 Å². The molecule has 2 nitrogen and oxygen atoms in total. The molecule has 0 aliphatic carbocycles. The summed E-state index contributed by atoms with van der Waals surface area (Å²) in [4.78, 5) is 12.5. The molecule has 0 N–H and O–H groups in total. The molecule has 0 bridgehead atoms. The zero-order valence-corrected chi connectivity index (χ0v) is 9.16. The number of thiophene rings is 1. The highest BCUT2D eigenvalue weighted by atomic mass is 32.1. The zero-order valence-electron chi connectivity index (χ0n) is 8.34. The summed E-state index contributed by atoms with van der Waals surface area (Å²) in [6.45, 7) is 0. The topological polar surface area (TPSA) is 30.2 Å². The summed E-state index contributed by atoms with van der Waals surface area (Å²) in [7, 11) is 0. The monoisotopic (exact) mass is 228 g/mol. The van der Waals surface area contributed by atoms with E-state index < -0.39 is 0 Å². The van der Waals surface area contributed by atoms with E-state index in [0.29, 0.717) is 5.58 Å². The van der Waals surface area contributed by atoms with Crippen LogP contribution in [-0.2, 0) is 0 Å². The first-order valence-corrected chi connectivity index (χ1v) is 5.79. The van der Waals surface area contributed by atoms with E-state index in [1.54, 1.807) is 17.4 Å². The number of para-hydroxylation sites is 1. The van der Waals surface area contributed by atoms with Gasteiger partial charge < -0.3 is 4.42 Å². The number of hydrogen-bond acceptors (Lipinski definition) is 3. The summed E-state index contributed by atoms with van der Waals surface area (Å²) in [5.41, 5.74) is 1.28. The lowest BCUT2D eigenvalue weighted by atomic mass is 10.1. The Hall–Kier alpha value is -1.87. The Labute approximate surface area is 95.8 Å². The maximum atomic E-state index is 11.4. The maximum Gasteiger partial charge on any atom is 0.336 e. The minimum atomic E-state index is -0.304. The van der Waals surface area contributed by atoms with Crippen LogP contribution in [0.4, 0.5) is 0 Å². The van der Waals surface area contributed by atoms with Crippen molar-refractivity contribution in [2.45, 2.75) is 0 Å². The van der Waals surface area contributed by atoms with Gasteiger partial charge in [0.25, 0.3) is 0 Å². The summed E-state index contributed by atoms with van der Waals surface area (Å²) in [5.74, 6) is 0. The first kappa shape index (κ1) is 9.36. The van der Waals surface area contributed by atoms with Crippen LogP contribution in [0.1, 0.15) is 0 Å². The first-order chi connectivity index (χ1) is 7.84. The van der Waals surface area contributed by atoms with E-state index in [0.717, 1.165) is 15.8 Å². The molecular weight excluding hydrogens is 220 g/mol. The zero-order chi connectivity index (χ0) is 11.0. The molecule has 0 radical (unpaired) electrons. The molecule has 3 rings (SSSR count). The van der Waals surface area contributed by atoms with E-state index >= 15 is 0 Å². The fourth-order valence-electron chi connectivity index (χ4n) is 1.75. The summed E-state index contributed by atoms with van der Waals surface area (Å²) < 4.78 is 5.15. The standard InChI is InChI=1S/C13H8O2S/c14-13-8-10(12-6-3-7-16-12)9-4-1-2-5-11(9)15-13/h1-8H. The molecule has 3 aromatic rings. The Morgan fingerprint density at radius 1 is 1.06 bits per heavy atom. The van der Waals surface area contributed by atoms with E-state index in [2.05, 4.69) is 0 Å². The second kappa shape index (κ2) is 3.61. The van der Waals surface area contributed by atoms with Gasteiger partial charge in [0.1, 0.15) is 5.58 Å².